The number of pyridine rings is 1. The van der Waals surface area contributed by atoms with Gasteiger partial charge < -0.3 is 9.73 Å². The van der Waals surface area contributed by atoms with Gasteiger partial charge >= 0.3 is 0 Å². The van der Waals surface area contributed by atoms with Crippen molar-refractivity contribution in [1.29, 1.82) is 0 Å². The summed E-state index contributed by atoms with van der Waals surface area (Å²) in [5, 5.41) is 4.51. The van der Waals surface area contributed by atoms with Crippen molar-refractivity contribution in [3.8, 4) is 11.3 Å². The van der Waals surface area contributed by atoms with Gasteiger partial charge in [0.25, 0.3) is 0 Å². The van der Waals surface area contributed by atoms with Crippen LogP contribution in [-0.2, 0) is 13.1 Å². The summed E-state index contributed by atoms with van der Waals surface area (Å²) >= 11 is 12.0. The van der Waals surface area contributed by atoms with E-state index in [1.165, 1.54) is 0 Å². The van der Waals surface area contributed by atoms with E-state index in [1.807, 2.05) is 42.6 Å². The number of halogens is 4. The van der Waals surface area contributed by atoms with Crippen LogP contribution in [-0.4, -0.2) is 4.98 Å². The second-order valence-corrected chi connectivity index (χ2v) is 5.76. The van der Waals surface area contributed by atoms with Crippen molar-refractivity contribution in [3.05, 3.63) is 76.2 Å². The molecule has 3 rings (SSSR count). The number of nitrogens with one attached hydrogen (secondary N) is 1. The molecular formula is C17H16Cl4N2O. The van der Waals surface area contributed by atoms with Gasteiger partial charge in [-0.1, -0.05) is 29.3 Å². The van der Waals surface area contributed by atoms with Gasteiger partial charge in [0.1, 0.15) is 11.5 Å². The summed E-state index contributed by atoms with van der Waals surface area (Å²) in [6.45, 7) is 1.38. The number of hydrogen-bond acceptors (Lipinski definition) is 3. The van der Waals surface area contributed by atoms with E-state index in [1.54, 1.807) is 12.3 Å². The van der Waals surface area contributed by atoms with E-state index in [0.717, 1.165) is 29.2 Å². The largest absolute Gasteiger partial charge is 0.460 e. The molecule has 0 fully saturated rings. The molecule has 24 heavy (non-hydrogen) atoms. The van der Waals surface area contributed by atoms with Gasteiger partial charge in [0.05, 0.1) is 6.54 Å². The zero-order valence-corrected chi connectivity index (χ0v) is 15.7. The topological polar surface area (TPSA) is 38.1 Å². The van der Waals surface area contributed by atoms with E-state index in [0.29, 0.717) is 16.6 Å². The van der Waals surface area contributed by atoms with Crippen molar-refractivity contribution in [2.24, 2.45) is 0 Å². The number of rotatable bonds is 5. The lowest BCUT2D eigenvalue weighted by atomic mass is 10.2. The fraction of sp³-hybridized carbons (Fsp3) is 0.118. The molecule has 0 bridgehead atoms. The third kappa shape index (κ3) is 5.69. The Kier molecular flexibility index (Phi) is 8.60. The van der Waals surface area contributed by atoms with Crippen molar-refractivity contribution in [3.63, 3.8) is 0 Å². The molecule has 0 spiro atoms. The molecule has 1 N–H and O–H groups in total. The van der Waals surface area contributed by atoms with Crippen LogP contribution in [0.2, 0.25) is 10.0 Å². The van der Waals surface area contributed by atoms with Crippen LogP contribution in [0.25, 0.3) is 11.3 Å². The number of benzene rings is 1. The number of furan rings is 1. The molecule has 1 aromatic carbocycles. The first-order valence-corrected chi connectivity index (χ1v) is 7.61. The average molecular weight is 406 g/mol. The van der Waals surface area contributed by atoms with E-state index in [4.69, 9.17) is 27.6 Å². The van der Waals surface area contributed by atoms with E-state index < -0.39 is 0 Å². The average Bonchev–Trinajstić information content (AvgIpc) is 2.96. The molecule has 0 aliphatic rings. The summed E-state index contributed by atoms with van der Waals surface area (Å²) in [7, 11) is 0. The monoisotopic (exact) mass is 404 g/mol. The molecule has 3 aromatic rings. The highest BCUT2D eigenvalue weighted by Gasteiger charge is 2.07. The minimum Gasteiger partial charge on any atom is -0.460 e. The maximum Gasteiger partial charge on any atom is 0.134 e. The van der Waals surface area contributed by atoms with Gasteiger partial charge in [0, 0.05) is 34.5 Å². The highest BCUT2D eigenvalue weighted by atomic mass is 35.5. The van der Waals surface area contributed by atoms with Crippen LogP contribution in [0.3, 0.4) is 0 Å². The van der Waals surface area contributed by atoms with Crippen LogP contribution in [0, 0.1) is 0 Å². The SMILES string of the molecule is Cl.Cl.Clc1cc(Cl)cc(-c2ccc(CNCc3cccnc3)o2)c1. The second-order valence-electron chi connectivity index (χ2n) is 4.89. The Labute approximate surface area is 163 Å². The molecule has 0 saturated heterocycles. The predicted molar refractivity (Wildman–Crippen MR) is 103 cm³/mol. The second kappa shape index (κ2) is 9.92. The molecule has 3 nitrogen and oxygen atoms in total. The van der Waals surface area contributed by atoms with Crippen molar-refractivity contribution in [2.75, 3.05) is 0 Å². The molecule has 0 amide bonds. The van der Waals surface area contributed by atoms with Crippen LogP contribution in [0.5, 0.6) is 0 Å². The third-order valence-corrected chi connectivity index (χ3v) is 3.60. The summed E-state index contributed by atoms with van der Waals surface area (Å²) in [6, 6.07) is 13.2. The maximum absolute atomic E-state index is 6.01. The zero-order chi connectivity index (χ0) is 15.4. The Morgan fingerprint density at radius 2 is 1.71 bits per heavy atom. The summed E-state index contributed by atoms with van der Waals surface area (Å²) in [4.78, 5) is 4.08. The van der Waals surface area contributed by atoms with E-state index >= 15 is 0 Å². The fourth-order valence-electron chi connectivity index (χ4n) is 2.16. The van der Waals surface area contributed by atoms with Crippen molar-refractivity contribution < 1.29 is 4.42 Å². The van der Waals surface area contributed by atoms with Crippen molar-refractivity contribution >= 4 is 48.0 Å². The van der Waals surface area contributed by atoms with Gasteiger partial charge in [-0.15, -0.1) is 24.8 Å². The smallest absolute Gasteiger partial charge is 0.134 e. The van der Waals surface area contributed by atoms with Gasteiger partial charge in [-0.05, 0) is 42.0 Å². The third-order valence-electron chi connectivity index (χ3n) is 3.16. The van der Waals surface area contributed by atoms with E-state index in [-0.39, 0.29) is 24.8 Å². The van der Waals surface area contributed by atoms with Gasteiger partial charge in [0.2, 0.25) is 0 Å². The molecule has 0 atom stereocenters. The predicted octanol–water partition coefficient (Wildman–Crippen LogP) is 5.78. The van der Waals surface area contributed by atoms with Crippen LogP contribution in [0.4, 0.5) is 0 Å². The summed E-state index contributed by atoms with van der Waals surface area (Å²) in [5.41, 5.74) is 2.01. The zero-order valence-electron chi connectivity index (χ0n) is 12.5. The van der Waals surface area contributed by atoms with Crippen molar-refractivity contribution in [2.45, 2.75) is 13.1 Å². The molecule has 0 aliphatic carbocycles. The fourth-order valence-corrected chi connectivity index (χ4v) is 2.68. The lowest BCUT2D eigenvalue weighted by molar-refractivity contribution is 0.493. The molecule has 0 aliphatic heterocycles. The van der Waals surface area contributed by atoms with Gasteiger partial charge in [-0.25, -0.2) is 0 Å². The molecule has 2 heterocycles. The molecular weight excluding hydrogens is 390 g/mol. The van der Waals surface area contributed by atoms with E-state index in [2.05, 4.69) is 10.3 Å². The number of aromatic nitrogens is 1. The molecule has 7 heteroatoms. The summed E-state index contributed by atoms with van der Waals surface area (Å²) in [5.74, 6) is 1.61. The molecule has 128 valence electrons. The number of hydrogen-bond donors (Lipinski definition) is 1. The first-order valence-electron chi connectivity index (χ1n) is 6.85. The summed E-state index contributed by atoms with van der Waals surface area (Å²) < 4.78 is 5.82. The highest BCUT2D eigenvalue weighted by molar-refractivity contribution is 6.35. The Hall–Kier alpha value is -1.23. The maximum atomic E-state index is 6.01. The van der Waals surface area contributed by atoms with Crippen LogP contribution in [0.1, 0.15) is 11.3 Å². The standard InChI is InChI=1S/C17H14Cl2N2O.2ClH/c18-14-6-13(7-15(19)8-14)17-4-3-16(22-17)11-21-10-12-2-1-5-20-9-12;;/h1-9,21H,10-11H2;2*1H. The van der Waals surface area contributed by atoms with Gasteiger partial charge in [0.15, 0.2) is 0 Å². The lowest BCUT2D eigenvalue weighted by Crippen LogP contribution is -2.12. The number of nitrogens with zero attached hydrogens (tertiary/aromatic N) is 1. The Morgan fingerprint density at radius 1 is 0.958 bits per heavy atom. The van der Waals surface area contributed by atoms with E-state index in [9.17, 15) is 0 Å². The Balaban J connectivity index is 0.00000144. The van der Waals surface area contributed by atoms with Crippen LogP contribution < -0.4 is 5.32 Å². The minimum atomic E-state index is 0. The Bertz CT molecular complexity index is 742. The quantitative estimate of drug-likeness (QED) is 0.584. The highest BCUT2D eigenvalue weighted by Crippen LogP contribution is 2.28. The lowest BCUT2D eigenvalue weighted by Gasteiger charge is -2.03. The molecule has 0 saturated carbocycles. The molecule has 0 unspecified atom stereocenters. The minimum absolute atomic E-state index is 0. The van der Waals surface area contributed by atoms with Crippen LogP contribution in [0.15, 0.2) is 59.3 Å². The first-order chi connectivity index (χ1) is 10.7. The normalized spacial score (nSPS) is 9.92. The molecule has 0 radical (unpaired) electrons. The van der Waals surface area contributed by atoms with Gasteiger partial charge in [-0.2, -0.15) is 0 Å². The van der Waals surface area contributed by atoms with Crippen molar-refractivity contribution in [1.82, 2.24) is 10.3 Å². The van der Waals surface area contributed by atoms with Crippen LogP contribution >= 0.6 is 48.0 Å². The Morgan fingerprint density at radius 3 is 2.38 bits per heavy atom. The summed E-state index contributed by atoms with van der Waals surface area (Å²) in [6.07, 6.45) is 3.60. The first kappa shape index (κ1) is 20.8. The molecule has 2 aromatic heterocycles. The van der Waals surface area contributed by atoms with Gasteiger partial charge in [-0.3, -0.25) is 4.98 Å².